The van der Waals surface area contributed by atoms with Gasteiger partial charge in [0, 0.05) is 25.7 Å². The Morgan fingerprint density at radius 3 is 0.791 bits per heavy atom. The minimum atomic E-state index is -4.95. The Balaban J connectivity index is 5.18. The number of rotatable bonds is 65. The molecule has 510 valence electrons. The fourth-order valence-corrected chi connectivity index (χ4v) is 11.6. The predicted octanol–water partition coefficient (Wildman–Crippen LogP) is 18.7. The van der Waals surface area contributed by atoms with Gasteiger partial charge >= 0.3 is 39.5 Å². The topological polar surface area (TPSA) is 237 Å². The van der Waals surface area contributed by atoms with Crippen molar-refractivity contribution in [2.45, 2.75) is 349 Å². The minimum absolute atomic E-state index is 0.105. The van der Waals surface area contributed by atoms with Crippen LogP contribution in [0.2, 0.25) is 0 Å². The van der Waals surface area contributed by atoms with Gasteiger partial charge in [-0.2, -0.15) is 0 Å². The number of hydrogen-bond acceptors (Lipinski definition) is 15. The van der Waals surface area contributed by atoms with Gasteiger partial charge in [-0.05, 0) is 43.4 Å². The largest absolute Gasteiger partial charge is 0.472 e. The fourth-order valence-electron chi connectivity index (χ4n) is 10.0. The fraction of sp³-hybridized carbons (Fsp3) is 0.940. The number of aliphatic hydroxyl groups excluding tert-OH is 1. The number of ether oxygens (including phenoxy) is 4. The molecule has 2 unspecified atom stereocenters. The lowest BCUT2D eigenvalue weighted by Gasteiger charge is -2.21. The third kappa shape index (κ3) is 60.9. The summed E-state index contributed by atoms with van der Waals surface area (Å²) in [5.41, 5.74) is 0. The number of phosphoric ester groups is 2. The highest BCUT2D eigenvalue weighted by Crippen LogP contribution is 2.45. The first-order valence-electron chi connectivity index (χ1n) is 34.8. The van der Waals surface area contributed by atoms with E-state index >= 15 is 0 Å². The summed E-state index contributed by atoms with van der Waals surface area (Å²) in [6.45, 7) is 11.7. The number of carbonyl (C=O) groups excluding carboxylic acids is 4. The van der Waals surface area contributed by atoms with E-state index < -0.39 is 97.5 Å². The molecule has 0 aromatic heterocycles. The zero-order chi connectivity index (χ0) is 63.8. The molecule has 0 heterocycles. The van der Waals surface area contributed by atoms with Gasteiger partial charge in [0.25, 0.3) is 0 Å². The van der Waals surface area contributed by atoms with E-state index in [1.807, 2.05) is 0 Å². The number of esters is 4. The first-order chi connectivity index (χ1) is 41.2. The van der Waals surface area contributed by atoms with E-state index in [2.05, 4.69) is 48.5 Å². The van der Waals surface area contributed by atoms with Crippen LogP contribution in [-0.4, -0.2) is 96.7 Å². The molecule has 0 saturated carbocycles. The molecule has 0 amide bonds. The maximum absolute atomic E-state index is 13.0. The standard InChI is InChI=1S/C67H130O17P2/c1-8-9-10-31-41-48-64(69)77-54-62(83-66(71)51-44-37-30-24-18-16-21-27-34-40-47-60(6)7)56-81-85(73,74)79-52-61(68)53-80-86(75,76)82-57-63(55-78-65(70)49-42-35-28-22-17-15-20-26-33-39-46-59(4)5)84-67(72)50-43-36-29-23-14-12-11-13-19-25-32-38-45-58(2)3/h58-63,68H,8-57H2,1-7H3,(H,73,74)(H,75,76)/t61-,62+,63+/m0/s1. The van der Waals surface area contributed by atoms with Crippen LogP contribution in [0, 0.1) is 17.8 Å². The van der Waals surface area contributed by atoms with Crippen molar-refractivity contribution in [2.24, 2.45) is 17.8 Å². The maximum atomic E-state index is 13.0. The van der Waals surface area contributed by atoms with Crippen LogP contribution >= 0.6 is 15.6 Å². The van der Waals surface area contributed by atoms with Gasteiger partial charge in [-0.25, -0.2) is 9.13 Å². The zero-order valence-corrected chi connectivity index (χ0v) is 57.6. The van der Waals surface area contributed by atoms with Crippen molar-refractivity contribution >= 4 is 39.5 Å². The highest BCUT2D eigenvalue weighted by molar-refractivity contribution is 7.47. The number of unbranched alkanes of at least 4 members (excludes halogenated alkanes) is 33. The average molecular weight is 1270 g/mol. The van der Waals surface area contributed by atoms with Crippen LogP contribution in [0.5, 0.6) is 0 Å². The second kappa shape index (κ2) is 58.2. The van der Waals surface area contributed by atoms with E-state index in [-0.39, 0.29) is 25.7 Å². The van der Waals surface area contributed by atoms with Crippen LogP contribution in [0.4, 0.5) is 0 Å². The average Bonchev–Trinajstić information content (AvgIpc) is 3.46. The van der Waals surface area contributed by atoms with Gasteiger partial charge in [-0.3, -0.25) is 37.3 Å². The van der Waals surface area contributed by atoms with Crippen molar-refractivity contribution in [1.29, 1.82) is 0 Å². The first-order valence-corrected chi connectivity index (χ1v) is 37.8. The molecule has 3 N–H and O–H groups in total. The van der Waals surface area contributed by atoms with Crippen molar-refractivity contribution < 1.29 is 80.2 Å². The summed E-state index contributed by atoms with van der Waals surface area (Å²) in [6.07, 6.45) is 40.6. The molecule has 0 bridgehead atoms. The van der Waals surface area contributed by atoms with Gasteiger partial charge in [0.15, 0.2) is 12.2 Å². The lowest BCUT2D eigenvalue weighted by molar-refractivity contribution is -0.161. The molecular formula is C67H130O17P2. The van der Waals surface area contributed by atoms with E-state index in [1.54, 1.807) is 0 Å². The molecule has 0 saturated heterocycles. The third-order valence-electron chi connectivity index (χ3n) is 15.4. The lowest BCUT2D eigenvalue weighted by atomic mass is 10.0. The van der Waals surface area contributed by atoms with Crippen molar-refractivity contribution in [3.63, 3.8) is 0 Å². The third-order valence-corrected chi connectivity index (χ3v) is 17.3. The van der Waals surface area contributed by atoms with E-state index in [0.29, 0.717) is 25.7 Å². The summed E-state index contributed by atoms with van der Waals surface area (Å²) in [7, 11) is -9.89. The van der Waals surface area contributed by atoms with Gasteiger partial charge in [-0.1, -0.05) is 280 Å². The molecule has 0 aromatic carbocycles. The molecule has 0 fully saturated rings. The van der Waals surface area contributed by atoms with Crippen molar-refractivity contribution in [3.8, 4) is 0 Å². The Hall–Kier alpha value is -1.94. The first kappa shape index (κ1) is 84.1. The predicted molar refractivity (Wildman–Crippen MR) is 344 cm³/mol. The molecule has 0 radical (unpaired) electrons. The van der Waals surface area contributed by atoms with Gasteiger partial charge in [0.05, 0.1) is 26.4 Å². The Kier molecular flexibility index (Phi) is 56.9. The molecule has 0 aliphatic heterocycles. The normalized spacial score (nSPS) is 14.3. The van der Waals surface area contributed by atoms with Crippen LogP contribution in [0.25, 0.3) is 0 Å². The SMILES string of the molecule is CCCCCCCC(=O)OC[C@H](COP(=O)(O)OC[C@H](O)COP(=O)(O)OC[C@@H](COC(=O)CCCCCCCCCCCCC(C)C)OC(=O)CCCCCCCCCCCCCCC(C)C)OC(=O)CCCCCCCCCCCCC(C)C. The molecule has 86 heavy (non-hydrogen) atoms. The molecule has 0 spiro atoms. The van der Waals surface area contributed by atoms with Crippen molar-refractivity contribution in [1.82, 2.24) is 0 Å². The highest BCUT2D eigenvalue weighted by atomic mass is 31.2. The van der Waals surface area contributed by atoms with E-state index in [4.69, 9.17) is 37.0 Å². The molecule has 0 aliphatic carbocycles. The Morgan fingerprint density at radius 1 is 0.314 bits per heavy atom. The maximum Gasteiger partial charge on any atom is 0.472 e. The van der Waals surface area contributed by atoms with E-state index in [9.17, 15) is 43.2 Å². The van der Waals surface area contributed by atoms with Crippen LogP contribution in [0.1, 0.15) is 331 Å². The number of aliphatic hydroxyl groups is 1. The van der Waals surface area contributed by atoms with Crippen molar-refractivity contribution in [2.75, 3.05) is 39.6 Å². The van der Waals surface area contributed by atoms with E-state index in [1.165, 1.54) is 135 Å². The number of hydrogen-bond donors (Lipinski definition) is 3. The molecule has 19 heteroatoms. The van der Waals surface area contributed by atoms with Crippen LogP contribution in [0.3, 0.4) is 0 Å². The summed E-state index contributed by atoms with van der Waals surface area (Å²) in [5.74, 6) is 0.147. The summed E-state index contributed by atoms with van der Waals surface area (Å²) >= 11 is 0. The quantitative estimate of drug-likeness (QED) is 0.0222. The molecular weight excluding hydrogens is 1140 g/mol. The van der Waals surface area contributed by atoms with Crippen LogP contribution < -0.4 is 0 Å². The van der Waals surface area contributed by atoms with Gasteiger partial charge in [0.1, 0.15) is 19.3 Å². The highest BCUT2D eigenvalue weighted by Gasteiger charge is 2.30. The summed E-state index contributed by atoms with van der Waals surface area (Å²) in [5, 5.41) is 10.5. The lowest BCUT2D eigenvalue weighted by Crippen LogP contribution is -2.30. The minimum Gasteiger partial charge on any atom is -0.462 e. The Labute approximate surface area is 524 Å². The second-order valence-corrected chi connectivity index (χ2v) is 28.5. The van der Waals surface area contributed by atoms with Gasteiger partial charge in [-0.15, -0.1) is 0 Å². The van der Waals surface area contributed by atoms with Crippen molar-refractivity contribution in [3.05, 3.63) is 0 Å². The number of phosphoric acid groups is 2. The molecule has 5 atom stereocenters. The zero-order valence-electron chi connectivity index (χ0n) is 55.8. The monoisotopic (exact) mass is 1270 g/mol. The molecule has 0 aromatic rings. The number of carbonyl (C=O) groups is 4. The van der Waals surface area contributed by atoms with E-state index in [0.717, 1.165) is 114 Å². The smallest absolute Gasteiger partial charge is 0.462 e. The van der Waals surface area contributed by atoms with Gasteiger partial charge in [0.2, 0.25) is 0 Å². The summed E-state index contributed by atoms with van der Waals surface area (Å²) in [4.78, 5) is 72.2. The summed E-state index contributed by atoms with van der Waals surface area (Å²) < 4.78 is 68.0. The Bertz CT molecular complexity index is 1700. The Morgan fingerprint density at radius 2 is 0.535 bits per heavy atom. The van der Waals surface area contributed by atoms with Crippen LogP contribution in [0.15, 0.2) is 0 Å². The molecule has 17 nitrogen and oxygen atoms in total. The molecule has 0 rings (SSSR count). The van der Waals surface area contributed by atoms with Gasteiger partial charge < -0.3 is 33.8 Å². The van der Waals surface area contributed by atoms with Crippen LogP contribution in [-0.2, 0) is 65.4 Å². The second-order valence-electron chi connectivity index (χ2n) is 25.6. The molecule has 0 aliphatic rings. The summed E-state index contributed by atoms with van der Waals surface area (Å²) in [6, 6.07) is 0.